The minimum absolute atomic E-state index is 0.00463. The molecule has 0 fully saturated rings. The van der Waals surface area contributed by atoms with Crippen LogP contribution in [0, 0.1) is 5.92 Å². The molecule has 5 nitrogen and oxygen atoms in total. The van der Waals surface area contributed by atoms with Crippen LogP contribution in [0.25, 0.3) is 0 Å². The Kier molecular flexibility index (Phi) is 4.24. The molecule has 146 valence electrons. The third-order valence-electron chi connectivity index (χ3n) is 5.59. The zero-order valence-electron chi connectivity index (χ0n) is 15.4. The lowest BCUT2D eigenvalue weighted by molar-refractivity contribution is 0.556. The number of rotatable bonds is 3. The number of nitrogens with two attached hydrogens (primary N) is 1. The van der Waals surface area contributed by atoms with Gasteiger partial charge in [0.05, 0.1) is 22.3 Å². The van der Waals surface area contributed by atoms with Gasteiger partial charge in [-0.15, -0.1) is 0 Å². The zero-order chi connectivity index (χ0) is 20.2. The second-order valence-electron chi connectivity index (χ2n) is 7.33. The van der Waals surface area contributed by atoms with Crippen molar-refractivity contribution in [1.29, 1.82) is 0 Å². The summed E-state index contributed by atoms with van der Waals surface area (Å²) in [5, 5.41) is 12.9. The average Bonchev–Trinajstić information content (AvgIpc) is 3.24. The van der Waals surface area contributed by atoms with Gasteiger partial charge in [-0.25, -0.2) is 13.6 Å². The highest BCUT2D eigenvalue weighted by atomic mass is 35.5. The van der Waals surface area contributed by atoms with Gasteiger partial charge in [0.15, 0.2) is 0 Å². The Hall–Kier alpha value is -2.67. The fraction of sp³-hybridized carbons (Fsp3) is 0.136. The van der Waals surface area contributed by atoms with Crippen molar-refractivity contribution in [2.75, 3.05) is 5.01 Å². The zero-order valence-corrected chi connectivity index (χ0v) is 16.9. The van der Waals surface area contributed by atoms with E-state index in [1.54, 1.807) is 12.1 Å². The number of nitrogens with zero attached hydrogens (tertiary/aromatic N) is 2. The Morgan fingerprint density at radius 1 is 0.966 bits per heavy atom. The van der Waals surface area contributed by atoms with Crippen molar-refractivity contribution < 1.29 is 8.42 Å². The van der Waals surface area contributed by atoms with Crippen molar-refractivity contribution in [2.24, 2.45) is 16.2 Å². The molecule has 1 heterocycles. The molecular weight excluding hydrogens is 406 g/mol. The predicted octanol–water partition coefficient (Wildman–Crippen LogP) is 4.13. The second kappa shape index (κ2) is 6.69. The summed E-state index contributed by atoms with van der Waals surface area (Å²) in [6.45, 7) is 0. The summed E-state index contributed by atoms with van der Waals surface area (Å²) in [6, 6.07) is 22.7. The fourth-order valence-electron chi connectivity index (χ4n) is 4.26. The molecule has 2 atom stereocenters. The quantitative estimate of drug-likeness (QED) is 0.688. The first-order valence-corrected chi connectivity index (χ1v) is 11.2. The van der Waals surface area contributed by atoms with Gasteiger partial charge >= 0.3 is 0 Å². The highest BCUT2D eigenvalue weighted by molar-refractivity contribution is 7.89. The monoisotopic (exact) mass is 423 g/mol. The molecule has 0 radical (unpaired) electrons. The van der Waals surface area contributed by atoms with Gasteiger partial charge in [0.25, 0.3) is 0 Å². The minimum atomic E-state index is -3.74. The number of hydrazone groups is 1. The van der Waals surface area contributed by atoms with Crippen LogP contribution in [0.4, 0.5) is 5.69 Å². The summed E-state index contributed by atoms with van der Waals surface area (Å²) in [7, 11) is -3.74. The van der Waals surface area contributed by atoms with E-state index < -0.39 is 10.0 Å². The van der Waals surface area contributed by atoms with E-state index in [4.69, 9.17) is 21.8 Å². The van der Waals surface area contributed by atoms with Crippen molar-refractivity contribution in [1.82, 2.24) is 0 Å². The SMILES string of the molecule is NS(=O)(=O)c1ccc(N2N=C3c4ccccc4CC3C2c2ccc(Cl)cc2)cc1. The standard InChI is InChI=1S/C22H18ClN3O2S/c23-16-7-5-14(6-8-16)22-20-13-15-3-1-2-4-19(15)21(20)25-26(22)17-9-11-18(12-10-17)29(24,27)28/h1-12,20,22H,13H2,(H2,24,27,28). The van der Waals surface area contributed by atoms with Crippen LogP contribution >= 0.6 is 11.6 Å². The number of anilines is 1. The lowest BCUT2D eigenvalue weighted by Crippen LogP contribution is -2.25. The Morgan fingerprint density at radius 3 is 2.34 bits per heavy atom. The number of primary sulfonamides is 1. The van der Waals surface area contributed by atoms with Crippen molar-refractivity contribution in [3.8, 4) is 0 Å². The highest BCUT2D eigenvalue weighted by Gasteiger charge is 2.43. The molecule has 7 heteroatoms. The molecule has 0 spiro atoms. The van der Waals surface area contributed by atoms with Gasteiger partial charge in [0.2, 0.25) is 10.0 Å². The normalized spacial score (nSPS) is 20.3. The molecular formula is C22H18ClN3O2S. The van der Waals surface area contributed by atoms with Gasteiger partial charge in [-0.1, -0.05) is 48.0 Å². The molecule has 0 amide bonds. The maximum atomic E-state index is 11.6. The van der Waals surface area contributed by atoms with Crippen LogP contribution in [0.5, 0.6) is 0 Å². The number of hydrogen-bond acceptors (Lipinski definition) is 4. The van der Waals surface area contributed by atoms with Crippen molar-refractivity contribution in [3.63, 3.8) is 0 Å². The third kappa shape index (κ3) is 3.13. The van der Waals surface area contributed by atoms with Crippen LogP contribution in [0.2, 0.25) is 5.02 Å². The van der Waals surface area contributed by atoms with E-state index in [-0.39, 0.29) is 16.9 Å². The van der Waals surface area contributed by atoms with Crippen molar-refractivity contribution >= 4 is 33.0 Å². The van der Waals surface area contributed by atoms with Crippen LogP contribution in [0.15, 0.2) is 82.8 Å². The van der Waals surface area contributed by atoms with E-state index in [1.807, 2.05) is 35.3 Å². The lowest BCUT2D eigenvalue weighted by atomic mass is 9.90. The summed E-state index contributed by atoms with van der Waals surface area (Å²) >= 11 is 6.11. The number of hydrogen-bond donors (Lipinski definition) is 1. The van der Waals surface area contributed by atoms with Crippen LogP contribution < -0.4 is 10.1 Å². The van der Waals surface area contributed by atoms with Gasteiger partial charge < -0.3 is 0 Å². The van der Waals surface area contributed by atoms with Crippen LogP contribution in [-0.4, -0.2) is 14.1 Å². The van der Waals surface area contributed by atoms with Gasteiger partial charge in [0, 0.05) is 16.5 Å². The summed E-state index contributed by atoms with van der Waals surface area (Å²) in [5.41, 5.74) is 5.48. The molecule has 0 bridgehead atoms. The van der Waals surface area contributed by atoms with E-state index in [0.717, 1.165) is 23.4 Å². The van der Waals surface area contributed by atoms with Crippen molar-refractivity contribution in [2.45, 2.75) is 17.4 Å². The molecule has 0 aromatic heterocycles. The summed E-state index contributed by atoms with van der Waals surface area (Å²) in [6.07, 6.45) is 0.911. The molecule has 2 aliphatic rings. The molecule has 3 aromatic carbocycles. The first-order chi connectivity index (χ1) is 13.9. The lowest BCUT2D eigenvalue weighted by Gasteiger charge is -2.28. The molecule has 0 saturated heterocycles. The topological polar surface area (TPSA) is 75.8 Å². The van der Waals surface area contributed by atoms with Gasteiger partial charge in [-0.2, -0.15) is 5.10 Å². The van der Waals surface area contributed by atoms with E-state index in [0.29, 0.717) is 5.02 Å². The predicted molar refractivity (Wildman–Crippen MR) is 115 cm³/mol. The maximum absolute atomic E-state index is 11.6. The van der Waals surface area contributed by atoms with Crippen LogP contribution in [-0.2, 0) is 16.4 Å². The van der Waals surface area contributed by atoms with Gasteiger partial charge in [-0.3, -0.25) is 5.01 Å². The summed E-state index contributed by atoms with van der Waals surface area (Å²) < 4.78 is 23.2. The molecule has 2 N–H and O–H groups in total. The summed E-state index contributed by atoms with van der Waals surface area (Å²) in [5.74, 6) is 0.214. The Labute approximate surface area is 174 Å². The van der Waals surface area contributed by atoms with Gasteiger partial charge in [-0.05, 0) is 53.9 Å². The molecule has 3 aromatic rings. The third-order valence-corrected chi connectivity index (χ3v) is 6.77. The van der Waals surface area contributed by atoms with E-state index >= 15 is 0 Å². The van der Waals surface area contributed by atoms with Crippen LogP contribution in [0.3, 0.4) is 0 Å². The molecule has 5 rings (SSSR count). The molecule has 1 aliphatic carbocycles. The second-order valence-corrected chi connectivity index (χ2v) is 9.33. The van der Waals surface area contributed by atoms with Crippen molar-refractivity contribution in [3.05, 3.63) is 94.5 Å². The van der Waals surface area contributed by atoms with E-state index in [9.17, 15) is 8.42 Å². The first kappa shape index (κ1) is 18.4. The number of fused-ring (bicyclic) bond motifs is 3. The Bertz CT molecular complexity index is 1220. The van der Waals surface area contributed by atoms with Gasteiger partial charge in [0.1, 0.15) is 0 Å². The Morgan fingerprint density at radius 2 is 1.66 bits per heavy atom. The smallest absolute Gasteiger partial charge is 0.238 e. The number of benzene rings is 3. The van der Waals surface area contributed by atoms with E-state index in [2.05, 4.69) is 18.2 Å². The fourth-order valence-corrected chi connectivity index (χ4v) is 4.90. The number of sulfonamides is 1. The number of halogens is 1. The first-order valence-electron chi connectivity index (χ1n) is 9.26. The highest BCUT2D eigenvalue weighted by Crippen LogP contribution is 2.46. The largest absolute Gasteiger partial charge is 0.257 e. The summed E-state index contributed by atoms with van der Waals surface area (Å²) in [4.78, 5) is 0.0849. The molecule has 1 aliphatic heterocycles. The Balaban J connectivity index is 1.61. The molecule has 0 saturated carbocycles. The average molecular weight is 424 g/mol. The maximum Gasteiger partial charge on any atom is 0.238 e. The van der Waals surface area contributed by atoms with E-state index in [1.165, 1.54) is 23.3 Å². The molecule has 2 unspecified atom stereocenters. The van der Waals surface area contributed by atoms with Crippen LogP contribution in [0.1, 0.15) is 22.7 Å². The minimum Gasteiger partial charge on any atom is -0.257 e. The molecule has 29 heavy (non-hydrogen) atoms.